The van der Waals surface area contributed by atoms with Gasteiger partial charge in [0.25, 0.3) is 0 Å². The molecular weight excluding hydrogens is 217 g/mol. The molecule has 2 rings (SSSR count). The molecule has 0 spiro atoms. The molecule has 15 heavy (non-hydrogen) atoms. The summed E-state index contributed by atoms with van der Waals surface area (Å²) in [6.07, 6.45) is 3.22. The van der Waals surface area contributed by atoms with Gasteiger partial charge in [-0.05, 0) is 25.5 Å². The van der Waals surface area contributed by atoms with E-state index >= 15 is 0 Å². The molecule has 1 fully saturated rings. The van der Waals surface area contributed by atoms with Crippen LogP contribution in [0.5, 0.6) is 5.75 Å². The van der Waals surface area contributed by atoms with Gasteiger partial charge in [0, 0.05) is 11.6 Å². The number of benzene rings is 1. The van der Waals surface area contributed by atoms with Crippen molar-refractivity contribution in [1.29, 1.82) is 0 Å². The second kappa shape index (κ2) is 4.37. The maximum atomic E-state index is 13.0. The SMILES string of the molecule is Oc1c([C@H]2CCCCN2)ccc(F)c1Cl. The van der Waals surface area contributed by atoms with Crippen LogP contribution < -0.4 is 5.32 Å². The van der Waals surface area contributed by atoms with Crippen LogP contribution in [0.1, 0.15) is 30.9 Å². The molecule has 1 aromatic rings. The highest BCUT2D eigenvalue weighted by Gasteiger charge is 2.20. The van der Waals surface area contributed by atoms with Gasteiger partial charge in [0.05, 0.1) is 0 Å². The molecule has 82 valence electrons. The lowest BCUT2D eigenvalue weighted by molar-refractivity contribution is 0.389. The molecule has 0 saturated carbocycles. The van der Waals surface area contributed by atoms with Crippen LogP contribution in [-0.4, -0.2) is 11.7 Å². The first-order valence-corrected chi connectivity index (χ1v) is 5.48. The molecule has 1 aromatic carbocycles. The predicted molar refractivity (Wildman–Crippen MR) is 57.7 cm³/mol. The smallest absolute Gasteiger partial charge is 0.145 e. The van der Waals surface area contributed by atoms with Gasteiger partial charge >= 0.3 is 0 Å². The van der Waals surface area contributed by atoms with Crippen molar-refractivity contribution in [3.05, 3.63) is 28.5 Å². The molecule has 1 saturated heterocycles. The average Bonchev–Trinajstić information content (AvgIpc) is 2.27. The monoisotopic (exact) mass is 229 g/mol. The zero-order valence-electron chi connectivity index (χ0n) is 8.26. The lowest BCUT2D eigenvalue weighted by atomic mass is 9.97. The topological polar surface area (TPSA) is 32.3 Å². The number of nitrogens with one attached hydrogen (secondary N) is 1. The molecule has 1 atom stereocenters. The molecule has 1 heterocycles. The van der Waals surface area contributed by atoms with Gasteiger partial charge in [-0.3, -0.25) is 0 Å². The van der Waals surface area contributed by atoms with E-state index in [-0.39, 0.29) is 16.8 Å². The van der Waals surface area contributed by atoms with Crippen molar-refractivity contribution in [3.8, 4) is 5.75 Å². The maximum Gasteiger partial charge on any atom is 0.145 e. The molecule has 2 N–H and O–H groups in total. The first-order valence-electron chi connectivity index (χ1n) is 5.10. The van der Waals surface area contributed by atoms with Crippen LogP contribution in [0, 0.1) is 5.82 Å². The second-order valence-corrected chi connectivity index (χ2v) is 4.18. The minimum absolute atomic E-state index is 0.0943. The quantitative estimate of drug-likeness (QED) is 0.776. The lowest BCUT2D eigenvalue weighted by Crippen LogP contribution is -2.26. The van der Waals surface area contributed by atoms with Crippen molar-refractivity contribution in [2.75, 3.05) is 6.54 Å². The fourth-order valence-corrected chi connectivity index (χ4v) is 2.13. The van der Waals surface area contributed by atoms with Crippen LogP contribution in [0.25, 0.3) is 0 Å². The molecule has 4 heteroatoms. The molecule has 0 aromatic heterocycles. The van der Waals surface area contributed by atoms with E-state index < -0.39 is 5.82 Å². The Kier molecular flexibility index (Phi) is 3.12. The average molecular weight is 230 g/mol. The second-order valence-electron chi connectivity index (χ2n) is 3.80. The summed E-state index contributed by atoms with van der Waals surface area (Å²) in [5.41, 5.74) is 0.695. The van der Waals surface area contributed by atoms with Crippen molar-refractivity contribution >= 4 is 11.6 Å². The van der Waals surface area contributed by atoms with Gasteiger partial charge in [-0.2, -0.15) is 0 Å². The molecule has 0 amide bonds. The fourth-order valence-electron chi connectivity index (χ4n) is 1.95. The summed E-state index contributed by atoms with van der Waals surface area (Å²) < 4.78 is 13.0. The van der Waals surface area contributed by atoms with Crippen molar-refractivity contribution in [2.45, 2.75) is 25.3 Å². The number of rotatable bonds is 1. The number of hydrogen-bond donors (Lipinski definition) is 2. The Morgan fingerprint density at radius 2 is 2.20 bits per heavy atom. The summed E-state index contributed by atoms with van der Waals surface area (Å²) in [6.45, 7) is 0.930. The fraction of sp³-hybridized carbons (Fsp3) is 0.455. The molecule has 0 radical (unpaired) electrons. The molecular formula is C11H13ClFNO. The first kappa shape index (κ1) is 10.7. The van der Waals surface area contributed by atoms with Crippen LogP contribution in [-0.2, 0) is 0 Å². The van der Waals surface area contributed by atoms with E-state index in [4.69, 9.17) is 11.6 Å². The van der Waals surface area contributed by atoms with Crippen LogP contribution >= 0.6 is 11.6 Å². The molecule has 0 unspecified atom stereocenters. The van der Waals surface area contributed by atoms with Crippen molar-refractivity contribution in [3.63, 3.8) is 0 Å². The third-order valence-electron chi connectivity index (χ3n) is 2.79. The minimum atomic E-state index is -0.575. The van der Waals surface area contributed by atoms with E-state index in [9.17, 15) is 9.50 Å². The summed E-state index contributed by atoms with van der Waals surface area (Å²) in [5.74, 6) is -0.704. The van der Waals surface area contributed by atoms with Gasteiger partial charge < -0.3 is 10.4 Å². The number of halogens is 2. The van der Waals surface area contributed by atoms with Gasteiger partial charge in [0.2, 0.25) is 0 Å². The van der Waals surface area contributed by atoms with Gasteiger partial charge in [-0.1, -0.05) is 24.1 Å². The van der Waals surface area contributed by atoms with Gasteiger partial charge in [-0.25, -0.2) is 4.39 Å². The van der Waals surface area contributed by atoms with E-state index in [0.29, 0.717) is 5.56 Å². The van der Waals surface area contributed by atoms with E-state index in [1.165, 1.54) is 6.07 Å². The number of aromatic hydroxyl groups is 1. The highest BCUT2D eigenvalue weighted by molar-refractivity contribution is 6.32. The third kappa shape index (κ3) is 2.08. The van der Waals surface area contributed by atoms with Crippen molar-refractivity contribution in [1.82, 2.24) is 5.32 Å². The lowest BCUT2D eigenvalue weighted by Gasteiger charge is -2.24. The summed E-state index contributed by atoms with van der Waals surface area (Å²) in [4.78, 5) is 0. The van der Waals surface area contributed by atoms with Gasteiger partial charge in [0.15, 0.2) is 0 Å². The van der Waals surface area contributed by atoms with Crippen LogP contribution in [0.4, 0.5) is 4.39 Å². The summed E-state index contributed by atoms with van der Waals surface area (Å²) in [6, 6.07) is 2.99. The van der Waals surface area contributed by atoms with E-state index in [1.807, 2.05) is 0 Å². The Morgan fingerprint density at radius 1 is 1.40 bits per heavy atom. The van der Waals surface area contributed by atoms with Crippen LogP contribution in [0.15, 0.2) is 12.1 Å². The molecule has 2 nitrogen and oxygen atoms in total. The van der Waals surface area contributed by atoms with Gasteiger partial charge in [-0.15, -0.1) is 0 Å². The zero-order chi connectivity index (χ0) is 10.8. The summed E-state index contributed by atoms with van der Waals surface area (Å²) in [5, 5.41) is 12.8. The highest BCUT2D eigenvalue weighted by Crippen LogP contribution is 2.36. The third-order valence-corrected chi connectivity index (χ3v) is 3.15. The minimum Gasteiger partial charge on any atom is -0.506 e. The van der Waals surface area contributed by atoms with Crippen LogP contribution in [0.2, 0.25) is 5.02 Å². The maximum absolute atomic E-state index is 13.0. The Balaban J connectivity index is 2.31. The number of phenols is 1. The molecule has 0 aliphatic carbocycles. The normalized spacial score (nSPS) is 21.6. The number of phenolic OH excluding ortho intramolecular Hbond substituents is 1. The Morgan fingerprint density at radius 3 is 2.87 bits per heavy atom. The van der Waals surface area contributed by atoms with Crippen molar-refractivity contribution < 1.29 is 9.50 Å². The van der Waals surface area contributed by atoms with E-state index in [0.717, 1.165) is 25.8 Å². The molecule has 0 bridgehead atoms. The van der Waals surface area contributed by atoms with E-state index in [1.54, 1.807) is 6.07 Å². The Hall–Kier alpha value is -0.800. The standard InChI is InChI=1S/C11H13ClFNO/c12-10-8(13)5-4-7(11(10)15)9-3-1-2-6-14-9/h4-5,9,14-15H,1-3,6H2/t9-/m1/s1. The first-order chi connectivity index (χ1) is 7.20. The van der Waals surface area contributed by atoms with Crippen LogP contribution in [0.3, 0.4) is 0 Å². The highest BCUT2D eigenvalue weighted by atomic mass is 35.5. The number of piperidine rings is 1. The van der Waals surface area contributed by atoms with Crippen molar-refractivity contribution in [2.24, 2.45) is 0 Å². The summed E-state index contributed by atoms with van der Waals surface area (Å²) >= 11 is 5.65. The molecule has 1 aliphatic heterocycles. The Labute approximate surface area is 93.1 Å². The molecule has 1 aliphatic rings. The zero-order valence-corrected chi connectivity index (χ0v) is 9.02. The number of hydrogen-bond acceptors (Lipinski definition) is 2. The Bertz CT molecular complexity index is 364. The summed E-state index contributed by atoms with van der Waals surface area (Å²) in [7, 11) is 0. The van der Waals surface area contributed by atoms with E-state index in [2.05, 4.69) is 5.32 Å². The van der Waals surface area contributed by atoms with Gasteiger partial charge in [0.1, 0.15) is 16.6 Å². The predicted octanol–water partition coefficient (Wildman–Crippen LogP) is 3.00. The largest absolute Gasteiger partial charge is 0.506 e.